The van der Waals surface area contributed by atoms with Crippen LogP contribution >= 0.6 is 23.8 Å². The summed E-state index contributed by atoms with van der Waals surface area (Å²) in [6.07, 6.45) is 0. The summed E-state index contributed by atoms with van der Waals surface area (Å²) in [6.45, 7) is 1.89. The molecule has 0 spiro atoms. The summed E-state index contributed by atoms with van der Waals surface area (Å²) >= 11 is 11.3. The topological polar surface area (TPSA) is 67.2 Å². The predicted molar refractivity (Wildman–Crippen MR) is 91.0 cm³/mol. The van der Waals surface area contributed by atoms with Gasteiger partial charge in [0.25, 0.3) is 5.91 Å². The third kappa shape index (κ3) is 3.71. The molecule has 4 nitrogen and oxygen atoms in total. The zero-order valence-electron chi connectivity index (χ0n) is 11.3. The average molecular weight is 320 g/mol. The van der Waals surface area contributed by atoms with Crippen LogP contribution in [0.2, 0.25) is 5.02 Å². The minimum absolute atomic E-state index is 0.356. The van der Waals surface area contributed by atoms with Gasteiger partial charge in [0.15, 0.2) is 5.11 Å². The molecule has 0 aliphatic heterocycles. The fraction of sp³-hybridized carbons (Fsp3) is 0.0667. The van der Waals surface area contributed by atoms with Crippen LogP contribution in [0.4, 0.5) is 11.4 Å². The van der Waals surface area contributed by atoms with E-state index in [1.807, 2.05) is 19.1 Å². The molecular weight excluding hydrogens is 306 g/mol. The first-order chi connectivity index (χ1) is 9.99. The van der Waals surface area contributed by atoms with Crippen molar-refractivity contribution in [2.75, 3.05) is 10.6 Å². The van der Waals surface area contributed by atoms with E-state index in [1.54, 1.807) is 30.3 Å². The number of thiocarbonyl (C=S) groups is 1. The van der Waals surface area contributed by atoms with E-state index in [0.29, 0.717) is 21.4 Å². The van der Waals surface area contributed by atoms with Crippen molar-refractivity contribution in [2.45, 2.75) is 6.92 Å². The van der Waals surface area contributed by atoms with Crippen molar-refractivity contribution in [3.05, 3.63) is 58.6 Å². The normalized spacial score (nSPS) is 10.0. The molecule has 2 rings (SSSR count). The third-order valence-electron chi connectivity index (χ3n) is 2.96. The highest BCUT2D eigenvalue weighted by molar-refractivity contribution is 7.80. The van der Waals surface area contributed by atoms with Gasteiger partial charge in [-0.3, -0.25) is 4.79 Å². The highest BCUT2D eigenvalue weighted by Gasteiger charge is 2.09. The third-order valence-corrected chi connectivity index (χ3v) is 3.57. The van der Waals surface area contributed by atoms with Gasteiger partial charge in [-0.2, -0.15) is 0 Å². The molecular formula is C15H14ClN3OS. The first-order valence-corrected chi connectivity index (χ1v) is 6.99. The Balaban J connectivity index is 2.16. The van der Waals surface area contributed by atoms with Crippen molar-refractivity contribution in [3.8, 4) is 0 Å². The Morgan fingerprint density at radius 1 is 1.10 bits per heavy atom. The summed E-state index contributed by atoms with van der Waals surface area (Å²) in [5.74, 6) is -0.514. The van der Waals surface area contributed by atoms with E-state index in [2.05, 4.69) is 10.6 Å². The van der Waals surface area contributed by atoms with E-state index >= 15 is 0 Å². The second-order valence-electron chi connectivity index (χ2n) is 4.40. The lowest BCUT2D eigenvalue weighted by Gasteiger charge is -2.14. The lowest BCUT2D eigenvalue weighted by atomic mass is 10.1. The molecule has 2 aromatic rings. The molecule has 0 saturated carbocycles. The van der Waals surface area contributed by atoms with Gasteiger partial charge in [0.2, 0.25) is 0 Å². The molecule has 0 unspecified atom stereocenters. The maximum Gasteiger partial charge on any atom is 0.250 e. The van der Waals surface area contributed by atoms with E-state index < -0.39 is 5.91 Å². The summed E-state index contributed by atoms with van der Waals surface area (Å²) < 4.78 is 0. The van der Waals surface area contributed by atoms with Gasteiger partial charge < -0.3 is 16.4 Å². The van der Waals surface area contributed by atoms with E-state index in [9.17, 15) is 4.79 Å². The van der Waals surface area contributed by atoms with E-state index in [0.717, 1.165) is 11.3 Å². The van der Waals surface area contributed by atoms with Gasteiger partial charge in [0.05, 0.1) is 11.3 Å². The summed E-state index contributed by atoms with van der Waals surface area (Å²) in [7, 11) is 0. The minimum atomic E-state index is -0.514. The number of amides is 1. The van der Waals surface area contributed by atoms with Gasteiger partial charge in [-0.25, -0.2) is 0 Å². The molecule has 6 heteroatoms. The van der Waals surface area contributed by atoms with Crippen LogP contribution < -0.4 is 16.4 Å². The maximum absolute atomic E-state index is 11.4. The number of benzene rings is 2. The molecule has 2 aromatic carbocycles. The SMILES string of the molecule is Cc1c(Cl)cccc1NC(=S)Nc1ccccc1C(N)=O. The molecule has 0 saturated heterocycles. The molecule has 0 atom stereocenters. The van der Waals surface area contributed by atoms with Crippen LogP contribution in [0.3, 0.4) is 0 Å². The second-order valence-corrected chi connectivity index (χ2v) is 5.22. The van der Waals surface area contributed by atoms with Crippen LogP contribution in [-0.2, 0) is 0 Å². The molecule has 0 heterocycles. The quantitative estimate of drug-likeness (QED) is 0.757. The molecule has 0 radical (unpaired) electrons. The molecule has 0 aliphatic rings. The van der Waals surface area contributed by atoms with Crippen molar-refractivity contribution in [1.29, 1.82) is 0 Å². The Morgan fingerprint density at radius 2 is 1.71 bits per heavy atom. The van der Waals surface area contributed by atoms with Crippen LogP contribution in [0.5, 0.6) is 0 Å². The lowest BCUT2D eigenvalue weighted by Crippen LogP contribution is -2.22. The smallest absolute Gasteiger partial charge is 0.250 e. The summed E-state index contributed by atoms with van der Waals surface area (Å²) in [5.41, 5.74) is 7.96. The lowest BCUT2D eigenvalue weighted by molar-refractivity contribution is 0.100. The number of halogens is 1. The predicted octanol–water partition coefficient (Wildman–Crippen LogP) is 3.56. The van der Waals surface area contributed by atoms with Gasteiger partial charge >= 0.3 is 0 Å². The number of hydrogen-bond acceptors (Lipinski definition) is 2. The number of hydrogen-bond donors (Lipinski definition) is 3. The summed E-state index contributed by atoms with van der Waals surface area (Å²) in [4.78, 5) is 11.4. The van der Waals surface area contributed by atoms with E-state index in [1.165, 1.54) is 0 Å². The van der Waals surface area contributed by atoms with Crippen molar-refractivity contribution < 1.29 is 4.79 Å². The number of para-hydroxylation sites is 1. The van der Waals surface area contributed by atoms with Gasteiger partial charge in [-0.1, -0.05) is 29.8 Å². The Morgan fingerprint density at radius 3 is 2.43 bits per heavy atom. The minimum Gasteiger partial charge on any atom is -0.366 e. The average Bonchev–Trinajstić information content (AvgIpc) is 2.44. The molecule has 0 aromatic heterocycles. The fourth-order valence-corrected chi connectivity index (χ4v) is 2.22. The molecule has 0 bridgehead atoms. The Labute approximate surface area is 133 Å². The Hall–Kier alpha value is -2.11. The van der Waals surface area contributed by atoms with Crippen molar-refractivity contribution in [2.24, 2.45) is 5.73 Å². The number of nitrogens with one attached hydrogen (secondary N) is 2. The first-order valence-electron chi connectivity index (χ1n) is 6.21. The summed E-state index contributed by atoms with van der Waals surface area (Å²) in [6, 6.07) is 12.4. The highest BCUT2D eigenvalue weighted by Crippen LogP contribution is 2.23. The van der Waals surface area contributed by atoms with Crippen LogP contribution in [0.1, 0.15) is 15.9 Å². The number of rotatable bonds is 3. The molecule has 0 fully saturated rings. The largest absolute Gasteiger partial charge is 0.366 e. The van der Waals surface area contributed by atoms with Crippen LogP contribution in [0, 0.1) is 6.92 Å². The van der Waals surface area contributed by atoms with Gasteiger partial charge in [0.1, 0.15) is 0 Å². The molecule has 0 aliphatic carbocycles. The molecule has 4 N–H and O–H groups in total. The number of anilines is 2. The monoisotopic (exact) mass is 319 g/mol. The fourth-order valence-electron chi connectivity index (χ4n) is 1.83. The highest BCUT2D eigenvalue weighted by atomic mass is 35.5. The zero-order valence-corrected chi connectivity index (χ0v) is 12.9. The number of carbonyl (C=O) groups is 1. The Kier molecular flexibility index (Phi) is 4.77. The van der Waals surface area contributed by atoms with E-state index in [-0.39, 0.29) is 0 Å². The molecule has 21 heavy (non-hydrogen) atoms. The number of carbonyl (C=O) groups excluding carboxylic acids is 1. The molecule has 1 amide bonds. The first kappa shape index (κ1) is 15.3. The number of nitrogens with two attached hydrogens (primary N) is 1. The van der Waals surface area contributed by atoms with Gasteiger partial charge in [-0.15, -0.1) is 0 Å². The van der Waals surface area contributed by atoms with Crippen LogP contribution in [0.25, 0.3) is 0 Å². The van der Waals surface area contributed by atoms with Crippen molar-refractivity contribution >= 4 is 46.2 Å². The zero-order chi connectivity index (χ0) is 15.4. The van der Waals surface area contributed by atoms with Crippen LogP contribution in [0.15, 0.2) is 42.5 Å². The second kappa shape index (κ2) is 6.56. The Bertz CT molecular complexity index is 703. The standard InChI is InChI=1S/C15H14ClN3OS/c1-9-11(16)6-4-8-12(9)18-15(21)19-13-7-3-2-5-10(13)14(17)20/h2-8H,1H3,(H2,17,20)(H2,18,19,21). The number of primary amides is 1. The van der Waals surface area contributed by atoms with Crippen molar-refractivity contribution in [1.82, 2.24) is 0 Å². The molecule has 108 valence electrons. The van der Waals surface area contributed by atoms with E-state index in [4.69, 9.17) is 29.6 Å². The van der Waals surface area contributed by atoms with Crippen molar-refractivity contribution in [3.63, 3.8) is 0 Å². The van der Waals surface area contributed by atoms with Gasteiger partial charge in [-0.05, 0) is 49.0 Å². The summed E-state index contributed by atoms with van der Waals surface area (Å²) in [5, 5.41) is 7.02. The maximum atomic E-state index is 11.4. The van der Waals surface area contributed by atoms with Crippen LogP contribution in [-0.4, -0.2) is 11.0 Å². The van der Waals surface area contributed by atoms with Gasteiger partial charge in [0, 0.05) is 10.7 Å².